The fourth-order valence-electron chi connectivity index (χ4n) is 1.64. The first-order valence-corrected chi connectivity index (χ1v) is 5.26. The second-order valence-electron chi connectivity index (χ2n) is 3.80. The van der Waals surface area contributed by atoms with E-state index in [1.54, 1.807) is 0 Å². The second-order valence-corrected chi connectivity index (χ2v) is 3.80. The van der Waals surface area contributed by atoms with E-state index in [0.29, 0.717) is 16.8 Å². The van der Waals surface area contributed by atoms with E-state index in [1.807, 2.05) is 0 Å². The van der Waals surface area contributed by atoms with Crippen LogP contribution in [0.1, 0.15) is 5.69 Å². The minimum absolute atomic E-state index is 0.237. The van der Waals surface area contributed by atoms with Crippen molar-refractivity contribution in [3.63, 3.8) is 0 Å². The molecule has 18 heavy (non-hydrogen) atoms. The van der Waals surface area contributed by atoms with Crippen molar-refractivity contribution in [3.05, 3.63) is 58.3 Å². The van der Waals surface area contributed by atoms with E-state index in [-0.39, 0.29) is 17.8 Å². The number of benzene rings is 1. The third kappa shape index (κ3) is 2.63. The quantitative estimate of drug-likeness (QED) is 0.868. The number of aromatic nitrogens is 1. The fourth-order valence-corrected chi connectivity index (χ4v) is 1.64. The molecule has 92 valence electrons. The van der Waals surface area contributed by atoms with Crippen molar-refractivity contribution in [2.24, 2.45) is 0 Å². The number of hydrogen-bond acceptors (Lipinski definition) is 2. The van der Waals surface area contributed by atoms with E-state index < -0.39 is 5.97 Å². The summed E-state index contributed by atoms with van der Waals surface area (Å²) in [6, 6.07) is 8.59. The largest absolute Gasteiger partial charge is 0.481 e. The molecule has 0 amide bonds. The molecule has 1 heterocycles. The molecule has 1 aromatic heterocycles. The van der Waals surface area contributed by atoms with Gasteiger partial charge < -0.3 is 10.1 Å². The van der Waals surface area contributed by atoms with Crippen LogP contribution in [0.5, 0.6) is 0 Å². The normalized spacial score (nSPS) is 10.3. The number of carboxylic acid groups (broad SMARTS) is 1. The third-order valence-electron chi connectivity index (χ3n) is 2.47. The number of hydrogen-bond donors (Lipinski definition) is 2. The van der Waals surface area contributed by atoms with Crippen LogP contribution < -0.4 is 5.56 Å². The monoisotopic (exact) mass is 247 g/mol. The summed E-state index contributed by atoms with van der Waals surface area (Å²) >= 11 is 0. The van der Waals surface area contributed by atoms with Gasteiger partial charge in [0, 0.05) is 11.3 Å². The zero-order chi connectivity index (χ0) is 13.1. The van der Waals surface area contributed by atoms with Crippen LogP contribution in [0.3, 0.4) is 0 Å². The number of aliphatic carboxylic acids is 1. The van der Waals surface area contributed by atoms with Crippen molar-refractivity contribution in [2.75, 3.05) is 0 Å². The lowest BCUT2D eigenvalue weighted by Crippen LogP contribution is -2.13. The van der Waals surface area contributed by atoms with Gasteiger partial charge in [0.2, 0.25) is 0 Å². The predicted molar refractivity (Wildman–Crippen MR) is 63.8 cm³/mol. The average molecular weight is 247 g/mol. The first kappa shape index (κ1) is 12.0. The molecular weight excluding hydrogens is 237 g/mol. The molecule has 2 N–H and O–H groups in total. The SMILES string of the molecule is O=C(O)Cc1ccc(-c2ccc(F)cc2)c(=O)[nH]1. The Labute approximate surface area is 102 Å². The first-order valence-electron chi connectivity index (χ1n) is 5.26. The van der Waals surface area contributed by atoms with Gasteiger partial charge in [0.05, 0.1) is 6.42 Å². The van der Waals surface area contributed by atoms with E-state index in [2.05, 4.69) is 4.98 Å². The maximum Gasteiger partial charge on any atom is 0.309 e. The smallest absolute Gasteiger partial charge is 0.309 e. The number of pyridine rings is 1. The highest BCUT2D eigenvalue weighted by atomic mass is 19.1. The average Bonchev–Trinajstić information content (AvgIpc) is 2.30. The predicted octanol–water partition coefficient (Wildman–Crippen LogP) is 1.81. The Morgan fingerprint density at radius 3 is 2.39 bits per heavy atom. The summed E-state index contributed by atoms with van der Waals surface area (Å²) in [5.74, 6) is -1.39. The van der Waals surface area contributed by atoms with Crippen LogP contribution in [-0.4, -0.2) is 16.1 Å². The molecule has 2 rings (SSSR count). The molecule has 4 nitrogen and oxygen atoms in total. The summed E-state index contributed by atoms with van der Waals surface area (Å²) in [6.07, 6.45) is -0.237. The molecule has 0 atom stereocenters. The summed E-state index contributed by atoms with van der Waals surface area (Å²) in [4.78, 5) is 24.8. The van der Waals surface area contributed by atoms with Gasteiger partial charge in [-0.15, -0.1) is 0 Å². The Balaban J connectivity index is 2.38. The van der Waals surface area contributed by atoms with Crippen LogP contribution in [0.25, 0.3) is 11.1 Å². The summed E-state index contributed by atoms with van der Waals surface area (Å²) in [5, 5.41) is 8.61. The topological polar surface area (TPSA) is 70.2 Å². The van der Waals surface area contributed by atoms with Gasteiger partial charge in [-0.25, -0.2) is 4.39 Å². The van der Waals surface area contributed by atoms with Gasteiger partial charge in [0.25, 0.3) is 5.56 Å². The summed E-state index contributed by atoms with van der Waals surface area (Å²) in [5.41, 5.74) is 0.905. The molecule has 0 radical (unpaired) electrons. The van der Waals surface area contributed by atoms with E-state index >= 15 is 0 Å². The summed E-state index contributed by atoms with van der Waals surface area (Å²) in [6.45, 7) is 0. The molecule has 0 fully saturated rings. The number of carbonyl (C=O) groups is 1. The van der Waals surface area contributed by atoms with Crippen molar-refractivity contribution in [1.29, 1.82) is 0 Å². The third-order valence-corrected chi connectivity index (χ3v) is 2.47. The molecule has 1 aromatic carbocycles. The maximum absolute atomic E-state index is 12.8. The zero-order valence-electron chi connectivity index (χ0n) is 9.31. The van der Waals surface area contributed by atoms with Crippen molar-refractivity contribution < 1.29 is 14.3 Å². The Morgan fingerprint density at radius 1 is 1.17 bits per heavy atom. The first-order chi connectivity index (χ1) is 8.56. The Morgan fingerprint density at radius 2 is 1.83 bits per heavy atom. The molecule has 5 heteroatoms. The molecular formula is C13H10FNO3. The Hall–Kier alpha value is -2.43. The Kier molecular flexibility index (Phi) is 3.23. The Bertz CT molecular complexity index is 631. The van der Waals surface area contributed by atoms with Crippen molar-refractivity contribution in [3.8, 4) is 11.1 Å². The van der Waals surface area contributed by atoms with E-state index in [1.165, 1.54) is 36.4 Å². The van der Waals surface area contributed by atoms with E-state index in [9.17, 15) is 14.0 Å². The minimum atomic E-state index is -1.01. The van der Waals surface area contributed by atoms with Crippen molar-refractivity contribution >= 4 is 5.97 Å². The van der Waals surface area contributed by atoms with Gasteiger partial charge >= 0.3 is 5.97 Å². The molecule has 0 aliphatic carbocycles. The maximum atomic E-state index is 12.8. The van der Waals surface area contributed by atoms with Crippen LogP contribution in [0.15, 0.2) is 41.2 Å². The molecule has 0 aliphatic rings. The number of carboxylic acids is 1. The van der Waals surface area contributed by atoms with Gasteiger partial charge in [-0.2, -0.15) is 0 Å². The van der Waals surface area contributed by atoms with Gasteiger partial charge in [-0.1, -0.05) is 12.1 Å². The summed E-state index contributed by atoms with van der Waals surface area (Å²) in [7, 11) is 0. The standard InChI is InChI=1S/C13H10FNO3/c14-9-3-1-8(2-4-9)11-6-5-10(7-12(16)17)15-13(11)18/h1-6H,7H2,(H,15,18)(H,16,17). The zero-order valence-corrected chi connectivity index (χ0v) is 9.31. The van der Waals surface area contributed by atoms with Crippen molar-refractivity contribution in [1.82, 2.24) is 4.98 Å². The van der Waals surface area contributed by atoms with Crippen LogP contribution in [-0.2, 0) is 11.2 Å². The highest BCUT2D eigenvalue weighted by Crippen LogP contribution is 2.15. The molecule has 0 saturated heterocycles. The van der Waals surface area contributed by atoms with Crippen LogP contribution in [0.2, 0.25) is 0 Å². The highest BCUT2D eigenvalue weighted by molar-refractivity contribution is 5.70. The lowest BCUT2D eigenvalue weighted by molar-refractivity contribution is -0.136. The lowest BCUT2D eigenvalue weighted by atomic mass is 10.1. The van der Waals surface area contributed by atoms with E-state index in [0.717, 1.165) is 0 Å². The van der Waals surface area contributed by atoms with Crippen LogP contribution in [0, 0.1) is 5.82 Å². The van der Waals surface area contributed by atoms with Crippen LogP contribution in [0.4, 0.5) is 4.39 Å². The molecule has 0 spiro atoms. The fraction of sp³-hybridized carbons (Fsp3) is 0.0769. The number of halogens is 1. The number of aromatic amines is 1. The number of nitrogens with one attached hydrogen (secondary N) is 1. The molecule has 0 bridgehead atoms. The number of H-pyrrole nitrogens is 1. The second kappa shape index (κ2) is 4.83. The highest BCUT2D eigenvalue weighted by Gasteiger charge is 2.06. The van der Waals surface area contributed by atoms with Gasteiger partial charge in [-0.05, 0) is 29.8 Å². The van der Waals surface area contributed by atoms with Gasteiger partial charge in [0.1, 0.15) is 5.82 Å². The lowest BCUT2D eigenvalue weighted by Gasteiger charge is -2.02. The van der Waals surface area contributed by atoms with Crippen molar-refractivity contribution in [2.45, 2.75) is 6.42 Å². The summed E-state index contributed by atoms with van der Waals surface area (Å²) < 4.78 is 12.8. The minimum Gasteiger partial charge on any atom is -0.481 e. The van der Waals surface area contributed by atoms with Gasteiger partial charge in [-0.3, -0.25) is 9.59 Å². The molecule has 0 unspecified atom stereocenters. The van der Waals surface area contributed by atoms with E-state index in [4.69, 9.17) is 5.11 Å². The number of rotatable bonds is 3. The van der Waals surface area contributed by atoms with Crippen LogP contribution >= 0.6 is 0 Å². The molecule has 0 aliphatic heterocycles. The van der Waals surface area contributed by atoms with Gasteiger partial charge in [0.15, 0.2) is 0 Å². The molecule has 2 aromatic rings. The molecule has 0 saturated carbocycles.